The Hall–Kier alpha value is -3.58. The van der Waals surface area contributed by atoms with Crippen LogP contribution in [0, 0.1) is 10.1 Å². The van der Waals surface area contributed by atoms with Gasteiger partial charge in [0, 0.05) is 8.95 Å². The number of aromatic nitrogens is 2. The van der Waals surface area contributed by atoms with Gasteiger partial charge >= 0.3 is 5.69 Å². The lowest BCUT2D eigenvalue weighted by atomic mass is 10.2. The zero-order valence-electron chi connectivity index (χ0n) is 15.4. The van der Waals surface area contributed by atoms with Gasteiger partial charge < -0.3 is 0 Å². The molecule has 0 unspecified atom stereocenters. The fraction of sp³-hybridized carbons (Fsp3) is 0. The van der Waals surface area contributed by atoms with Crippen LogP contribution in [0.2, 0.25) is 0 Å². The van der Waals surface area contributed by atoms with E-state index in [0.29, 0.717) is 20.1 Å². The number of carbonyl (C=O) groups excluding carboxylic acids is 2. The van der Waals surface area contributed by atoms with E-state index in [-0.39, 0.29) is 11.6 Å². The Balaban J connectivity index is 1.76. The van der Waals surface area contributed by atoms with Crippen molar-refractivity contribution in [3.63, 3.8) is 0 Å². The van der Waals surface area contributed by atoms with Crippen molar-refractivity contribution in [1.82, 2.24) is 20.8 Å². The van der Waals surface area contributed by atoms with Crippen LogP contribution in [0.15, 0.2) is 63.8 Å². The lowest BCUT2D eigenvalue weighted by molar-refractivity contribution is -0.383. The van der Waals surface area contributed by atoms with E-state index in [1.54, 1.807) is 48.5 Å². The van der Waals surface area contributed by atoms with Crippen LogP contribution in [0.5, 0.6) is 0 Å². The van der Waals surface area contributed by atoms with Gasteiger partial charge in [0.05, 0.1) is 16.1 Å². The molecule has 0 aliphatic rings. The van der Waals surface area contributed by atoms with Crippen molar-refractivity contribution in [1.29, 1.82) is 0 Å². The maximum Gasteiger partial charge on any atom is 0.356 e. The largest absolute Gasteiger partial charge is 0.356 e. The molecule has 1 aromatic heterocycles. The van der Waals surface area contributed by atoms with Gasteiger partial charge in [-0.3, -0.25) is 41.4 Å². The maximum absolute atomic E-state index is 12.3. The lowest BCUT2D eigenvalue weighted by Gasteiger charge is -2.12. The second-order valence-electron chi connectivity index (χ2n) is 5.79. The number of carbonyl (C=O) groups is 2. The van der Waals surface area contributed by atoms with Crippen LogP contribution in [0.25, 0.3) is 0 Å². The molecule has 3 rings (SSSR count). The third-order valence-electron chi connectivity index (χ3n) is 3.83. The van der Waals surface area contributed by atoms with E-state index in [2.05, 4.69) is 63.5 Å². The van der Waals surface area contributed by atoms with Gasteiger partial charge in [-0.05, 0) is 56.1 Å². The first-order valence-corrected chi connectivity index (χ1v) is 10.1. The summed E-state index contributed by atoms with van der Waals surface area (Å²) in [5.74, 6) is -1.65. The summed E-state index contributed by atoms with van der Waals surface area (Å²) in [6, 6.07) is 13.3. The molecule has 0 aliphatic carbocycles. The minimum Gasteiger partial charge on any atom is -0.276 e. The number of anilines is 2. The van der Waals surface area contributed by atoms with Crippen molar-refractivity contribution in [2.75, 3.05) is 10.9 Å². The minimum atomic E-state index is -0.750. The first-order chi connectivity index (χ1) is 14.9. The average molecular weight is 551 g/mol. The minimum absolute atomic E-state index is 0.280. The number of hydrogen-bond donors (Lipinski definition) is 4. The number of nitrogens with zero attached hydrogens (tertiary/aromatic N) is 3. The molecule has 4 N–H and O–H groups in total. The van der Waals surface area contributed by atoms with Gasteiger partial charge in [0.15, 0.2) is 0 Å². The maximum atomic E-state index is 12.3. The number of hydrazine groups is 2. The van der Waals surface area contributed by atoms with E-state index in [4.69, 9.17) is 0 Å². The molecule has 0 fully saturated rings. The van der Waals surface area contributed by atoms with Crippen LogP contribution in [0.4, 0.5) is 17.3 Å². The molecule has 13 heteroatoms. The van der Waals surface area contributed by atoms with Gasteiger partial charge in [-0.25, -0.2) is 9.97 Å². The second kappa shape index (κ2) is 9.95. The molecule has 0 atom stereocenters. The summed E-state index contributed by atoms with van der Waals surface area (Å²) in [7, 11) is 0. The fourth-order valence-electron chi connectivity index (χ4n) is 2.39. The SMILES string of the molecule is O=C(NNc1ncnc(NNC(=O)c2ccccc2Br)c1[N+](=O)[O-])c1ccccc1Br. The highest BCUT2D eigenvalue weighted by Gasteiger charge is 2.24. The zero-order chi connectivity index (χ0) is 22.4. The highest BCUT2D eigenvalue weighted by molar-refractivity contribution is 9.10. The van der Waals surface area contributed by atoms with Crippen molar-refractivity contribution in [2.24, 2.45) is 0 Å². The third kappa shape index (κ3) is 5.32. The summed E-state index contributed by atoms with van der Waals surface area (Å²) >= 11 is 6.51. The lowest BCUT2D eigenvalue weighted by Crippen LogP contribution is -2.32. The Morgan fingerprint density at radius 1 is 0.806 bits per heavy atom. The van der Waals surface area contributed by atoms with Crippen molar-refractivity contribution < 1.29 is 14.5 Å². The molecule has 0 spiro atoms. The van der Waals surface area contributed by atoms with Crippen LogP contribution in [0.1, 0.15) is 20.7 Å². The Kier molecular flexibility index (Phi) is 7.10. The number of nitro groups is 1. The highest BCUT2D eigenvalue weighted by Crippen LogP contribution is 2.28. The molecule has 3 aromatic rings. The number of hydrogen-bond acceptors (Lipinski definition) is 8. The molecular weight excluding hydrogens is 538 g/mol. The van der Waals surface area contributed by atoms with E-state index in [1.165, 1.54) is 0 Å². The van der Waals surface area contributed by atoms with E-state index in [1.807, 2.05) is 0 Å². The number of rotatable bonds is 7. The number of amides is 2. The van der Waals surface area contributed by atoms with Crippen LogP contribution in [0.3, 0.4) is 0 Å². The van der Waals surface area contributed by atoms with E-state index in [9.17, 15) is 19.7 Å². The van der Waals surface area contributed by atoms with Gasteiger partial charge in [-0.2, -0.15) is 0 Å². The van der Waals surface area contributed by atoms with Gasteiger partial charge in [-0.15, -0.1) is 0 Å². The summed E-state index contributed by atoms with van der Waals surface area (Å²) in [4.78, 5) is 43.1. The molecule has 31 heavy (non-hydrogen) atoms. The Morgan fingerprint density at radius 3 is 1.61 bits per heavy atom. The monoisotopic (exact) mass is 549 g/mol. The van der Waals surface area contributed by atoms with Crippen LogP contribution in [-0.2, 0) is 0 Å². The summed E-state index contributed by atoms with van der Waals surface area (Å²) in [5.41, 5.74) is 9.56. The predicted molar refractivity (Wildman–Crippen MR) is 119 cm³/mol. The van der Waals surface area contributed by atoms with Crippen molar-refractivity contribution >= 4 is 61.0 Å². The Labute approximate surface area is 192 Å². The molecule has 0 bridgehead atoms. The molecule has 158 valence electrons. The van der Waals surface area contributed by atoms with Crippen LogP contribution in [-0.4, -0.2) is 26.7 Å². The smallest absolute Gasteiger partial charge is 0.276 e. The summed E-state index contributed by atoms with van der Waals surface area (Å²) < 4.78 is 1.09. The molecule has 0 radical (unpaired) electrons. The summed E-state index contributed by atoms with van der Waals surface area (Å²) in [6.07, 6.45) is 1.03. The van der Waals surface area contributed by atoms with Crippen LogP contribution < -0.4 is 21.7 Å². The molecule has 11 nitrogen and oxygen atoms in total. The topological polar surface area (TPSA) is 151 Å². The number of nitrogens with one attached hydrogen (secondary N) is 4. The molecule has 0 saturated heterocycles. The van der Waals surface area contributed by atoms with E-state index < -0.39 is 22.4 Å². The molecule has 2 amide bonds. The molecule has 0 aliphatic heterocycles. The van der Waals surface area contributed by atoms with Crippen molar-refractivity contribution in [2.45, 2.75) is 0 Å². The highest BCUT2D eigenvalue weighted by atomic mass is 79.9. The summed E-state index contributed by atoms with van der Waals surface area (Å²) in [6.45, 7) is 0. The van der Waals surface area contributed by atoms with Gasteiger partial charge in [-0.1, -0.05) is 24.3 Å². The van der Waals surface area contributed by atoms with E-state index >= 15 is 0 Å². The average Bonchev–Trinajstić information content (AvgIpc) is 2.76. The Bertz CT molecular complexity index is 1080. The first-order valence-electron chi connectivity index (χ1n) is 8.49. The zero-order valence-corrected chi connectivity index (χ0v) is 18.6. The molecule has 1 heterocycles. The predicted octanol–water partition coefficient (Wildman–Crippen LogP) is 3.42. The van der Waals surface area contributed by atoms with Crippen molar-refractivity contribution in [3.05, 3.63) is 85.0 Å². The molecular formula is C18H13Br2N7O4. The number of benzene rings is 2. The fourth-order valence-corrected chi connectivity index (χ4v) is 3.32. The van der Waals surface area contributed by atoms with Crippen LogP contribution >= 0.6 is 31.9 Å². The standard InChI is InChI=1S/C18H13Br2N7O4/c19-12-7-3-1-5-10(12)17(28)25-23-15-14(27(30)31)16(22-9-21-15)24-26-18(29)11-6-2-4-8-13(11)20/h1-9H,(H,25,28)(H,26,29)(H2,21,22,23,24). The summed E-state index contributed by atoms with van der Waals surface area (Å²) in [5, 5.41) is 11.6. The quantitative estimate of drug-likeness (QED) is 0.258. The second-order valence-corrected chi connectivity index (χ2v) is 7.50. The van der Waals surface area contributed by atoms with Gasteiger partial charge in [0.25, 0.3) is 11.8 Å². The molecule has 0 saturated carbocycles. The van der Waals surface area contributed by atoms with Gasteiger partial charge in [0.2, 0.25) is 11.6 Å². The number of halogens is 2. The first kappa shape index (κ1) is 22.1. The van der Waals surface area contributed by atoms with E-state index in [0.717, 1.165) is 6.33 Å². The Morgan fingerprint density at radius 2 is 1.23 bits per heavy atom. The van der Waals surface area contributed by atoms with Crippen molar-refractivity contribution in [3.8, 4) is 0 Å². The third-order valence-corrected chi connectivity index (χ3v) is 5.21. The molecule has 2 aromatic carbocycles. The van der Waals surface area contributed by atoms with Gasteiger partial charge in [0.1, 0.15) is 6.33 Å². The normalized spacial score (nSPS) is 10.1.